The van der Waals surface area contributed by atoms with E-state index in [2.05, 4.69) is 15.5 Å². The highest BCUT2D eigenvalue weighted by molar-refractivity contribution is 7.99. The van der Waals surface area contributed by atoms with E-state index in [1.807, 2.05) is 43.5 Å². The molecular weight excluding hydrogens is 416 g/mol. The average Bonchev–Trinajstić information content (AvgIpc) is 3.14. The smallest absolute Gasteiger partial charge is 0.335 e. The van der Waals surface area contributed by atoms with Crippen molar-refractivity contribution < 1.29 is 19.4 Å². The molecule has 1 aromatic heterocycles. The van der Waals surface area contributed by atoms with Crippen LogP contribution in [-0.4, -0.2) is 37.5 Å². The molecule has 162 valence electrons. The maximum Gasteiger partial charge on any atom is 0.335 e. The first-order valence-electron chi connectivity index (χ1n) is 9.76. The number of aromatic carboxylic acids is 1. The van der Waals surface area contributed by atoms with Crippen LogP contribution in [0.25, 0.3) is 0 Å². The minimum Gasteiger partial charge on any atom is -0.485 e. The van der Waals surface area contributed by atoms with Gasteiger partial charge >= 0.3 is 5.97 Å². The Hall–Kier alpha value is -3.33. The molecule has 0 aliphatic rings. The molecule has 2 N–H and O–H groups in total. The zero-order valence-electron chi connectivity index (χ0n) is 17.6. The number of anilines is 1. The zero-order valence-corrected chi connectivity index (χ0v) is 18.4. The number of aryl methyl sites for hydroxylation is 2. The minimum atomic E-state index is -1.01. The highest BCUT2D eigenvalue weighted by atomic mass is 32.2. The third-order valence-electron chi connectivity index (χ3n) is 4.61. The first-order chi connectivity index (χ1) is 14.9. The fourth-order valence-electron chi connectivity index (χ4n) is 3.04. The Morgan fingerprint density at radius 1 is 1.10 bits per heavy atom. The summed E-state index contributed by atoms with van der Waals surface area (Å²) >= 11 is 1.28. The van der Waals surface area contributed by atoms with Gasteiger partial charge in [0.2, 0.25) is 5.91 Å². The molecule has 0 radical (unpaired) electrons. The molecule has 0 atom stereocenters. The van der Waals surface area contributed by atoms with Gasteiger partial charge in [0, 0.05) is 12.2 Å². The van der Waals surface area contributed by atoms with Crippen LogP contribution >= 0.6 is 11.8 Å². The third-order valence-corrected chi connectivity index (χ3v) is 5.58. The van der Waals surface area contributed by atoms with Crippen molar-refractivity contribution in [2.45, 2.75) is 39.1 Å². The van der Waals surface area contributed by atoms with Crippen LogP contribution in [0.1, 0.15) is 34.2 Å². The summed E-state index contributed by atoms with van der Waals surface area (Å²) in [7, 11) is 0. The largest absolute Gasteiger partial charge is 0.485 e. The molecular formula is C22H24N4O4S. The molecule has 3 rings (SSSR count). The second-order valence-electron chi connectivity index (χ2n) is 6.87. The summed E-state index contributed by atoms with van der Waals surface area (Å²) < 4.78 is 7.91. The number of para-hydroxylation sites is 1. The van der Waals surface area contributed by atoms with Crippen molar-refractivity contribution in [1.29, 1.82) is 0 Å². The number of amides is 1. The number of carbonyl (C=O) groups is 2. The molecule has 0 unspecified atom stereocenters. The second kappa shape index (κ2) is 10.1. The third kappa shape index (κ3) is 5.64. The average molecular weight is 441 g/mol. The van der Waals surface area contributed by atoms with Gasteiger partial charge in [-0.3, -0.25) is 4.79 Å². The number of benzene rings is 2. The van der Waals surface area contributed by atoms with Gasteiger partial charge in [0.05, 0.1) is 11.3 Å². The normalized spacial score (nSPS) is 10.7. The van der Waals surface area contributed by atoms with E-state index >= 15 is 0 Å². The van der Waals surface area contributed by atoms with Crippen molar-refractivity contribution in [2.24, 2.45) is 0 Å². The topological polar surface area (TPSA) is 106 Å². The molecule has 31 heavy (non-hydrogen) atoms. The summed E-state index contributed by atoms with van der Waals surface area (Å²) in [4.78, 5) is 23.2. The lowest BCUT2D eigenvalue weighted by Gasteiger charge is -2.12. The Kier molecular flexibility index (Phi) is 7.30. The molecule has 0 spiro atoms. The van der Waals surface area contributed by atoms with E-state index in [-0.39, 0.29) is 23.8 Å². The van der Waals surface area contributed by atoms with Gasteiger partial charge < -0.3 is 19.7 Å². The second-order valence-corrected chi connectivity index (χ2v) is 7.81. The van der Waals surface area contributed by atoms with Gasteiger partial charge in [-0.1, -0.05) is 30.0 Å². The molecule has 0 aliphatic heterocycles. The fraction of sp³-hybridized carbons (Fsp3) is 0.273. The Morgan fingerprint density at radius 3 is 2.39 bits per heavy atom. The number of hydrogen-bond donors (Lipinski definition) is 2. The van der Waals surface area contributed by atoms with E-state index in [0.717, 1.165) is 16.9 Å². The number of thioether (sulfide) groups is 1. The van der Waals surface area contributed by atoms with Crippen molar-refractivity contribution in [3.05, 3.63) is 65.0 Å². The van der Waals surface area contributed by atoms with Gasteiger partial charge in [-0.25, -0.2) is 4.79 Å². The highest BCUT2D eigenvalue weighted by Crippen LogP contribution is 2.24. The number of aromatic nitrogens is 3. The molecule has 0 aliphatic carbocycles. The van der Waals surface area contributed by atoms with Gasteiger partial charge in [0.25, 0.3) is 0 Å². The molecule has 2 aromatic carbocycles. The van der Waals surface area contributed by atoms with Crippen molar-refractivity contribution in [3.63, 3.8) is 0 Å². The SMILES string of the molecule is CCn1c(COc2c(C)cccc2C)nnc1SCC(=O)Nc1ccc(C(=O)O)cc1. The molecule has 9 heteroatoms. The van der Waals surface area contributed by atoms with Crippen LogP contribution in [0.3, 0.4) is 0 Å². The van der Waals surface area contributed by atoms with Crippen LogP contribution in [0.2, 0.25) is 0 Å². The Labute approximate surface area is 184 Å². The predicted molar refractivity (Wildman–Crippen MR) is 119 cm³/mol. The Morgan fingerprint density at radius 2 is 1.77 bits per heavy atom. The molecule has 0 saturated heterocycles. The standard InChI is InChI=1S/C22H24N4O4S/c1-4-26-18(12-30-20-14(2)6-5-7-15(20)3)24-25-22(26)31-13-19(27)23-17-10-8-16(9-11-17)21(28)29/h5-11H,4,12-13H2,1-3H3,(H,23,27)(H,28,29). The van der Waals surface area contributed by atoms with Crippen molar-refractivity contribution >= 4 is 29.3 Å². The number of hydrogen-bond acceptors (Lipinski definition) is 6. The summed E-state index contributed by atoms with van der Waals surface area (Å²) in [6, 6.07) is 12.0. The number of ether oxygens (including phenoxy) is 1. The van der Waals surface area contributed by atoms with Crippen LogP contribution in [-0.2, 0) is 17.9 Å². The van der Waals surface area contributed by atoms with E-state index in [1.165, 1.54) is 23.9 Å². The summed E-state index contributed by atoms with van der Waals surface area (Å²) in [5.41, 5.74) is 2.82. The van der Waals surface area contributed by atoms with Crippen LogP contribution in [0.15, 0.2) is 47.6 Å². The molecule has 8 nitrogen and oxygen atoms in total. The van der Waals surface area contributed by atoms with Gasteiger partial charge in [-0.15, -0.1) is 10.2 Å². The van der Waals surface area contributed by atoms with Crippen molar-refractivity contribution in [3.8, 4) is 5.75 Å². The van der Waals surface area contributed by atoms with Gasteiger partial charge in [0.1, 0.15) is 12.4 Å². The first-order valence-corrected chi connectivity index (χ1v) is 10.7. The van der Waals surface area contributed by atoms with Gasteiger partial charge in [-0.2, -0.15) is 0 Å². The van der Waals surface area contributed by atoms with Crippen molar-refractivity contribution in [1.82, 2.24) is 14.8 Å². The minimum absolute atomic E-state index is 0.149. The van der Waals surface area contributed by atoms with Gasteiger partial charge in [-0.05, 0) is 56.2 Å². The number of carboxylic acids is 1. The summed E-state index contributed by atoms with van der Waals surface area (Å²) in [6.45, 7) is 6.93. The van der Waals surface area contributed by atoms with Crippen molar-refractivity contribution in [2.75, 3.05) is 11.1 Å². The van der Waals surface area contributed by atoms with E-state index in [9.17, 15) is 9.59 Å². The zero-order chi connectivity index (χ0) is 22.4. The fourth-order valence-corrected chi connectivity index (χ4v) is 3.86. The van der Waals surface area contributed by atoms with Gasteiger partial charge in [0.15, 0.2) is 11.0 Å². The predicted octanol–water partition coefficient (Wildman–Crippen LogP) is 3.92. The Bertz CT molecular complexity index is 1060. The number of carbonyl (C=O) groups excluding carboxylic acids is 1. The van der Waals surface area contributed by atoms with Crippen LogP contribution in [0, 0.1) is 13.8 Å². The lowest BCUT2D eigenvalue weighted by atomic mass is 10.1. The number of nitrogens with zero attached hydrogens (tertiary/aromatic N) is 3. The maximum atomic E-state index is 12.3. The first kappa shape index (κ1) is 22.4. The number of carboxylic acid groups (broad SMARTS) is 1. The lowest BCUT2D eigenvalue weighted by Crippen LogP contribution is -2.15. The lowest BCUT2D eigenvalue weighted by molar-refractivity contribution is -0.113. The molecule has 3 aromatic rings. The molecule has 0 bridgehead atoms. The van der Waals surface area contributed by atoms with Crippen LogP contribution in [0.5, 0.6) is 5.75 Å². The van der Waals surface area contributed by atoms with Crippen LogP contribution < -0.4 is 10.1 Å². The van der Waals surface area contributed by atoms with E-state index in [0.29, 0.717) is 23.2 Å². The molecule has 1 heterocycles. The molecule has 1 amide bonds. The summed E-state index contributed by atoms with van der Waals surface area (Å²) in [6.07, 6.45) is 0. The monoisotopic (exact) mass is 440 g/mol. The van der Waals surface area contributed by atoms with Crippen LogP contribution in [0.4, 0.5) is 5.69 Å². The number of rotatable bonds is 9. The van der Waals surface area contributed by atoms with E-state index in [4.69, 9.17) is 9.84 Å². The van der Waals surface area contributed by atoms with E-state index < -0.39 is 5.97 Å². The maximum absolute atomic E-state index is 12.3. The number of nitrogens with one attached hydrogen (secondary N) is 1. The molecule has 0 saturated carbocycles. The highest BCUT2D eigenvalue weighted by Gasteiger charge is 2.15. The molecule has 0 fully saturated rings. The van der Waals surface area contributed by atoms with E-state index in [1.54, 1.807) is 12.1 Å². The summed E-state index contributed by atoms with van der Waals surface area (Å²) in [5.74, 6) is 0.459. The summed E-state index contributed by atoms with van der Waals surface area (Å²) in [5, 5.41) is 20.8. The quantitative estimate of drug-likeness (QED) is 0.486. The Balaban J connectivity index is 1.59.